The fourth-order valence-corrected chi connectivity index (χ4v) is 3.92. The van der Waals surface area contributed by atoms with Crippen LogP contribution in [0.3, 0.4) is 0 Å². The van der Waals surface area contributed by atoms with Crippen LogP contribution in [0.4, 0.5) is 0 Å². The Balaban J connectivity index is 1.62. The molecule has 0 saturated heterocycles. The average molecular weight is 434 g/mol. The highest BCUT2D eigenvalue weighted by Crippen LogP contribution is 2.36. The molecule has 1 nitrogen and oxygen atoms in total. The topological polar surface area (TPSA) is 13.1 Å². The van der Waals surface area contributed by atoms with Crippen molar-refractivity contribution < 1.29 is 4.42 Å². The van der Waals surface area contributed by atoms with Gasteiger partial charge in [0.05, 0.1) is 5.02 Å². The van der Waals surface area contributed by atoms with Crippen molar-refractivity contribution >= 4 is 49.5 Å². The lowest BCUT2D eigenvalue weighted by Gasteiger charge is -2.07. The van der Waals surface area contributed by atoms with Gasteiger partial charge in [0.25, 0.3) is 0 Å². The Labute approximate surface area is 170 Å². The van der Waals surface area contributed by atoms with Gasteiger partial charge >= 0.3 is 0 Å². The molecule has 4 aromatic carbocycles. The zero-order valence-corrected chi connectivity index (χ0v) is 16.6. The molecule has 0 N–H and O–H groups in total. The molecule has 3 heteroatoms. The number of halogens is 2. The third-order valence-electron chi connectivity index (χ3n) is 4.85. The van der Waals surface area contributed by atoms with Crippen molar-refractivity contribution in [2.75, 3.05) is 0 Å². The zero-order valence-electron chi connectivity index (χ0n) is 14.2. The smallest absolute Gasteiger partial charge is 0.143 e. The molecule has 0 fully saturated rings. The molecule has 0 amide bonds. The lowest BCUT2D eigenvalue weighted by Crippen LogP contribution is -1.82. The maximum Gasteiger partial charge on any atom is 0.143 e. The fourth-order valence-electron chi connectivity index (χ4n) is 3.49. The van der Waals surface area contributed by atoms with Crippen LogP contribution in [0.5, 0.6) is 0 Å². The molecule has 5 rings (SSSR count). The highest BCUT2D eigenvalue weighted by Gasteiger charge is 2.11. The minimum absolute atomic E-state index is 0.712. The number of para-hydroxylation sites is 2. The summed E-state index contributed by atoms with van der Waals surface area (Å²) in [5, 5.41) is 3.01. The van der Waals surface area contributed by atoms with Crippen molar-refractivity contribution in [3.8, 4) is 22.3 Å². The molecule has 0 aliphatic rings. The molecule has 0 unspecified atom stereocenters. The van der Waals surface area contributed by atoms with Crippen LogP contribution in [0.2, 0.25) is 5.02 Å². The normalized spacial score (nSPS) is 11.3. The van der Waals surface area contributed by atoms with E-state index in [0.717, 1.165) is 48.7 Å². The molecule has 0 saturated carbocycles. The van der Waals surface area contributed by atoms with Crippen molar-refractivity contribution in [1.29, 1.82) is 0 Å². The molecular formula is C24H14BrClO. The SMILES string of the molecule is Clc1cc(-c2ccc(-c3cccc4c3oc3ccccc34)cc2)ccc1Br. The molecular weight excluding hydrogens is 420 g/mol. The monoisotopic (exact) mass is 432 g/mol. The van der Waals surface area contributed by atoms with E-state index in [1.165, 1.54) is 0 Å². The first-order chi connectivity index (χ1) is 13.2. The summed E-state index contributed by atoms with van der Waals surface area (Å²) in [6.07, 6.45) is 0. The zero-order chi connectivity index (χ0) is 18.4. The molecule has 0 aliphatic carbocycles. The van der Waals surface area contributed by atoms with Crippen molar-refractivity contribution in [1.82, 2.24) is 0 Å². The van der Waals surface area contributed by atoms with Gasteiger partial charge < -0.3 is 4.42 Å². The Kier molecular flexibility index (Phi) is 4.04. The van der Waals surface area contributed by atoms with Gasteiger partial charge in [0, 0.05) is 20.8 Å². The van der Waals surface area contributed by atoms with Crippen LogP contribution in [-0.4, -0.2) is 0 Å². The van der Waals surface area contributed by atoms with Crippen LogP contribution in [0.1, 0.15) is 0 Å². The molecule has 0 spiro atoms. The average Bonchev–Trinajstić information content (AvgIpc) is 3.09. The van der Waals surface area contributed by atoms with Gasteiger partial charge in [0.15, 0.2) is 0 Å². The van der Waals surface area contributed by atoms with E-state index in [1.54, 1.807) is 0 Å². The molecule has 0 bridgehead atoms. The van der Waals surface area contributed by atoms with Gasteiger partial charge in [-0.1, -0.05) is 78.3 Å². The van der Waals surface area contributed by atoms with Crippen molar-refractivity contribution in [3.05, 3.63) is 94.4 Å². The minimum atomic E-state index is 0.712. The predicted molar refractivity (Wildman–Crippen MR) is 117 cm³/mol. The van der Waals surface area contributed by atoms with Gasteiger partial charge in [-0.2, -0.15) is 0 Å². The Morgan fingerprint density at radius 1 is 0.667 bits per heavy atom. The minimum Gasteiger partial charge on any atom is -0.455 e. The largest absolute Gasteiger partial charge is 0.455 e. The van der Waals surface area contributed by atoms with Crippen molar-refractivity contribution in [2.24, 2.45) is 0 Å². The Morgan fingerprint density at radius 3 is 2.19 bits per heavy atom. The van der Waals surface area contributed by atoms with Gasteiger partial charge in [0.2, 0.25) is 0 Å². The van der Waals surface area contributed by atoms with Gasteiger partial charge in [0.1, 0.15) is 11.2 Å². The number of hydrogen-bond donors (Lipinski definition) is 0. The quantitative estimate of drug-likeness (QED) is 0.273. The van der Waals surface area contributed by atoms with Crippen LogP contribution in [-0.2, 0) is 0 Å². The standard InChI is InChI=1S/C24H14BrClO/c25-21-13-12-17(14-22(21)26)15-8-10-16(11-9-15)18-5-3-6-20-19-4-1-2-7-23(19)27-24(18)20/h1-14H. The van der Waals surface area contributed by atoms with Crippen molar-refractivity contribution in [2.45, 2.75) is 0 Å². The number of rotatable bonds is 2. The third-order valence-corrected chi connectivity index (χ3v) is 6.09. The molecule has 5 aromatic rings. The van der Waals surface area contributed by atoms with E-state index < -0.39 is 0 Å². The second-order valence-corrected chi connectivity index (χ2v) is 7.75. The Hall–Kier alpha value is -2.55. The molecule has 130 valence electrons. The number of benzene rings is 4. The summed E-state index contributed by atoms with van der Waals surface area (Å²) in [4.78, 5) is 0. The maximum absolute atomic E-state index is 6.24. The van der Waals surface area contributed by atoms with E-state index in [1.807, 2.05) is 30.3 Å². The van der Waals surface area contributed by atoms with Crippen molar-refractivity contribution in [3.63, 3.8) is 0 Å². The van der Waals surface area contributed by atoms with Gasteiger partial charge in [-0.15, -0.1) is 0 Å². The molecule has 1 aromatic heterocycles. The first-order valence-corrected chi connectivity index (χ1v) is 9.84. The van der Waals surface area contributed by atoms with E-state index in [9.17, 15) is 0 Å². The van der Waals surface area contributed by atoms with Crippen LogP contribution in [0.15, 0.2) is 93.8 Å². The third kappa shape index (κ3) is 2.86. The van der Waals surface area contributed by atoms with Crippen LogP contribution in [0.25, 0.3) is 44.2 Å². The van der Waals surface area contributed by atoms with E-state index >= 15 is 0 Å². The van der Waals surface area contributed by atoms with Crippen LogP contribution in [0, 0.1) is 0 Å². The molecule has 27 heavy (non-hydrogen) atoms. The van der Waals surface area contributed by atoms with E-state index in [2.05, 4.69) is 70.5 Å². The molecule has 0 radical (unpaired) electrons. The van der Waals surface area contributed by atoms with Gasteiger partial charge in [-0.3, -0.25) is 0 Å². The summed E-state index contributed by atoms with van der Waals surface area (Å²) in [7, 11) is 0. The summed E-state index contributed by atoms with van der Waals surface area (Å²) in [5.74, 6) is 0. The van der Waals surface area contributed by atoms with Gasteiger partial charge in [-0.25, -0.2) is 0 Å². The first kappa shape index (κ1) is 16.6. The molecule has 1 heterocycles. The summed E-state index contributed by atoms with van der Waals surface area (Å²) in [6.45, 7) is 0. The Bertz CT molecular complexity index is 1290. The van der Waals surface area contributed by atoms with E-state index in [-0.39, 0.29) is 0 Å². The van der Waals surface area contributed by atoms with E-state index in [0.29, 0.717) is 5.02 Å². The fraction of sp³-hybridized carbons (Fsp3) is 0. The van der Waals surface area contributed by atoms with E-state index in [4.69, 9.17) is 16.0 Å². The highest BCUT2D eigenvalue weighted by atomic mass is 79.9. The number of furan rings is 1. The maximum atomic E-state index is 6.24. The highest BCUT2D eigenvalue weighted by molar-refractivity contribution is 9.10. The van der Waals surface area contributed by atoms with Gasteiger partial charge in [-0.05, 0) is 50.8 Å². The number of hydrogen-bond acceptors (Lipinski definition) is 1. The first-order valence-electron chi connectivity index (χ1n) is 8.67. The summed E-state index contributed by atoms with van der Waals surface area (Å²) in [5.41, 5.74) is 6.30. The second-order valence-electron chi connectivity index (χ2n) is 6.49. The second kappa shape index (κ2) is 6.56. The van der Waals surface area contributed by atoms with Crippen LogP contribution < -0.4 is 0 Å². The lowest BCUT2D eigenvalue weighted by atomic mass is 9.99. The summed E-state index contributed by atoms with van der Waals surface area (Å²) in [6, 6.07) is 29.0. The summed E-state index contributed by atoms with van der Waals surface area (Å²) < 4.78 is 7.06. The summed E-state index contributed by atoms with van der Waals surface area (Å²) >= 11 is 9.67. The Morgan fingerprint density at radius 2 is 1.37 bits per heavy atom. The molecule has 0 aliphatic heterocycles. The number of fused-ring (bicyclic) bond motifs is 3. The predicted octanol–water partition coefficient (Wildman–Crippen LogP) is 8.34. The molecule has 0 atom stereocenters. The van der Waals surface area contributed by atoms with Crippen LogP contribution >= 0.6 is 27.5 Å². The lowest BCUT2D eigenvalue weighted by molar-refractivity contribution is 0.670.